The molecule has 106 valence electrons. The number of carbonyl (C=O) groups excluding carboxylic acids is 1. The Labute approximate surface area is 113 Å². The predicted molar refractivity (Wildman–Crippen MR) is 72.5 cm³/mol. The van der Waals surface area contributed by atoms with Crippen LogP contribution in [-0.4, -0.2) is 42.7 Å². The van der Waals surface area contributed by atoms with E-state index in [0.29, 0.717) is 38.0 Å². The molecule has 0 aromatic carbocycles. The van der Waals surface area contributed by atoms with Crippen LogP contribution < -0.4 is 9.64 Å². The summed E-state index contributed by atoms with van der Waals surface area (Å²) >= 11 is 0. The van der Waals surface area contributed by atoms with Crippen LogP contribution in [-0.2, 0) is 9.53 Å². The molecule has 6 heteroatoms. The van der Waals surface area contributed by atoms with Crippen LogP contribution >= 0.6 is 0 Å². The van der Waals surface area contributed by atoms with E-state index in [1.54, 1.807) is 13.0 Å². The highest BCUT2D eigenvalue weighted by Crippen LogP contribution is 2.14. The number of rotatable bonds is 7. The molecule has 0 saturated carbocycles. The lowest BCUT2D eigenvalue weighted by atomic mass is 10.4. The third kappa shape index (κ3) is 5.11. The van der Waals surface area contributed by atoms with Gasteiger partial charge >= 0.3 is 5.97 Å². The molecule has 0 aliphatic carbocycles. The van der Waals surface area contributed by atoms with Gasteiger partial charge in [0.2, 0.25) is 11.8 Å². The molecule has 6 nitrogen and oxygen atoms in total. The summed E-state index contributed by atoms with van der Waals surface area (Å²) in [5.74, 6) is 0.882. The summed E-state index contributed by atoms with van der Waals surface area (Å²) in [5.41, 5.74) is 0.830. The quantitative estimate of drug-likeness (QED) is 0.699. The standard InChI is InChI=1S/C13H21N3O3/c1-5-18-11-9-10(3)14-13(15-11)16(4)8-7-12(17)19-6-2/h9H,5-8H2,1-4H3. The van der Waals surface area contributed by atoms with E-state index in [4.69, 9.17) is 9.47 Å². The molecule has 1 aromatic heterocycles. The number of nitrogens with zero attached hydrogens (tertiary/aromatic N) is 3. The summed E-state index contributed by atoms with van der Waals surface area (Å²) in [6.07, 6.45) is 0.311. The number of hydrogen-bond acceptors (Lipinski definition) is 6. The second kappa shape index (κ2) is 7.56. The highest BCUT2D eigenvalue weighted by Gasteiger charge is 2.10. The fourth-order valence-corrected chi connectivity index (χ4v) is 1.51. The molecule has 1 heterocycles. The monoisotopic (exact) mass is 267 g/mol. The van der Waals surface area contributed by atoms with E-state index in [1.165, 1.54) is 0 Å². The number of anilines is 1. The van der Waals surface area contributed by atoms with Crippen molar-refractivity contribution in [3.05, 3.63) is 11.8 Å². The van der Waals surface area contributed by atoms with Crippen LogP contribution in [0.5, 0.6) is 5.88 Å². The summed E-state index contributed by atoms with van der Waals surface area (Å²) in [6.45, 7) is 7.04. The summed E-state index contributed by atoms with van der Waals surface area (Å²) in [4.78, 5) is 21.7. The average molecular weight is 267 g/mol. The van der Waals surface area contributed by atoms with Crippen molar-refractivity contribution in [1.29, 1.82) is 0 Å². The number of ether oxygens (including phenoxy) is 2. The van der Waals surface area contributed by atoms with Crippen molar-refractivity contribution in [2.45, 2.75) is 27.2 Å². The third-order valence-electron chi connectivity index (χ3n) is 2.41. The van der Waals surface area contributed by atoms with Gasteiger partial charge < -0.3 is 14.4 Å². The molecule has 0 bridgehead atoms. The highest BCUT2D eigenvalue weighted by atomic mass is 16.5. The van der Waals surface area contributed by atoms with E-state index >= 15 is 0 Å². The summed E-state index contributed by atoms with van der Waals surface area (Å²) in [5, 5.41) is 0. The number of carbonyl (C=O) groups is 1. The van der Waals surface area contributed by atoms with Crippen molar-refractivity contribution < 1.29 is 14.3 Å². The second-order valence-electron chi connectivity index (χ2n) is 4.06. The lowest BCUT2D eigenvalue weighted by Gasteiger charge is -2.17. The fraction of sp³-hybridized carbons (Fsp3) is 0.615. The van der Waals surface area contributed by atoms with Gasteiger partial charge in [0.15, 0.2) is 0 Å². The lowest BCUT2D eigenvalue weighted by Crippen LogP contribution is -2.24. The molecule has 0 aliphatic rings. The van der Waals surface area contributed by atoms with Crippen molar-refractivity contribution in [2.75, 3.05) is 31.7 Å². The van der Waals surface area contributed by atoms with Crippen LogP contribution in [0.3, 0.4) is 0 Å². The minimum absolute atomic E-state index is 0.216. The first-order valence-electron chi connectivity index (χ1n) is 6.42. The molecule has 19 heavy (non-hydrogen) atoms. The zero-order valence-corrected chi connectivity index (χ0v) is 12.0. The molecule has 0 N–H and O–H groups in total. The van der Waals surface area contributed by atoms with Gasteiger partial charge in [-0.1, -0.05) is 0 Å². The Balaban J connectivity index is 2.65. The van der Waals surface area contributed by atoms with Crippen molar-refractivity contribution in [1.82, 2.24) is 9.97 Å². The normalized spacial score (nSPS) is 10.1. The fourth-order valence-electron chi connectivity index (χ4n) is 1.51. The van der Waals surface area contributed by atoms with Crippen molar-refractivity contribution in [2.24, 2.45) is 0 Å². The maximum atomic E-state index is 11.3. The number of hydrogen-bond donors (Lipinski definition) is 0. The molecule has 0 spiro atoms. The van der Waals surface area contributed by atoms with Crippen LogP contribution in [0, 0.1) is 6.92 Å². The van der Waals surface area contributed by atoms with Gasteiger partial charge in [-0.05, 0) is 20.8 Å². The Hall–Kier alpha value is -1.85. The smallest absolute Gasteiger partial charge is 0.307 e. The van der Waals surface area contributed by atoms with E-state index in [2.05, 4.69) is 9.97 Å². The molecular formula is C13H21N3O3. The van der Waals surface area contributed by atoms with Crippen LogP contribution in [0.15, 0.2) is 6.07 Å². The Morgan fingerprint density at radius 2 is 2.05 bits per heavy atom. The zero-order valence-electron chi connectivity index (χ0n) is 12.0. The van der Waals surface area contributed by atoms with Gasteiger partial charge in [0.1, 0.15) is 0 Å². The van der Waals surface area contributed by atoms with Crippen molar-refractivity contribution >= 4 is 11.9 Å². The molecular weight excluding hydrogens is 246 g/mol. The van der Waals surface area contributed by atoms with Crippen LogP contribution in [0.2, 0.25) is 0 Å². The minimum Gasteiger partial charge on any atom is -0.478 e. The van der Waals surface area contributed by atoms with Crippen LogP contribution in [0.4, 0.5) is 5.95 Å². The molecule has 1 aromatic rings. The van der Waals surface area contributed by atoms with Gasteiger partial charge in [-0.3, -0.25) is 4.79 Å². The van der Waals surface area contributed by atoms with Crippen LogP contribution in [0.1, 0.15) is 26.0 Å². The summed E-state index contributed by atoms with van der Waals surface area (Å²) in [7, 11) is 1.84. The largest absolute Gasteiger partial charge is 0.478 e. The highest BCUT2D eigenvalue weighted by molar-refractivity contribution is 5.70. The number of aromatic nitrogens is 2. The van der Waals surface area contributed by atoms with Crippen molar-refractivity contribution in [3.8, 4) is 5.88 Å². The van der Waals surface area contributed by atoms with Gasteiger partial charge in [-0.2, -0.15) is 4.98 Å². The van der Waals surface area contributed by atoms with E-state index in [1.807, 2.05) is 25.8 Å². The van der Waals surface area contributed by atoms with Gasteiger partial charge in [0.25, 0.3) is 0 Å². The van der Waals surface area contributed by atoms with E-state index in [9.17, 15) is 4.79 Å². The summed E-state index contributed by atoms with van der Waals surface area (Å²) in [6, 6.07) is 1.78. The Bertz CT molecular complexity index is 424. The maximum Gasteiger partial charge on any atom is 0.307 e. The third-order valence-corrected chi connectivity index (χ3v) is 2.41. The van der Waals surface area contributed by atoms with Gasteiger partial charge in [0.05, 0.1) is 19.6 Å². The van der Waals surface area contributed by atoms with E-state index in [0.717, 1.165) is 5.69 Å². The molecule has 0 unspecified atom stereocenters. The maximum absolute atomic E-state index is 11.3. The first kappa shape index (κ1) is 15.2. The Kier molecular flexibility index (Phi) is 6.05. The SMILES string of the molecule is CCOC(=O)CCN(C)c1nc(C)cc(OCC)n1. The molecule has 0 aliphatic heterocycles. The van der Waals surface area contributed by atoms with Crippen molar-refractivity contribution in [3.63, 3.8) is 0 Å². The van der Waals surface area contributed by atoms with Gasteiger partial charge in [-0.15, -0.1) is 0 Å². The van der Waals surface area contributed by atoms with Gasteiger partial charge in [0, 0.05) is 25.4 Å². The average Bonchev–Trinajstić information content (AvgIpc) is 2.36. The Morgan fingerprint density at radius 3 is 2.68 bits per heavy atom. The molecule has 0 saturated heterocycles. The van der Waals surface area contributed by atoms with E-state index in [-0.39, 0.29) is 5.97 Å². The molecule has 0 amide bonds. The van der Waals surface area contributed by atoms with Crippen LogP contribution in [0.25, 0.3) is 0 Å². The molecule has 1 rings (SSSR count). The lowest BCUT2D eigenvalue weighted by molar-refractivity contribution is -0.142. The summed E-state index contributed by atoms with van der Waals surface area (Å²) < 4.78 is 10.3. The zero-order chi connectivity index (χ0) is 14.3. The number of esters is 1. The topological polar surface area (TPSA) is 64.5 Å². The predicted octanol–water partition coefficient (Wildman–Crippen LogP) is 1.57. The Morgan fingerprint density at radius 1 is 1.32 bits per heavy atom. The first-order chi connectivity index (χ1) is 9.06. The molecule has 0 atom stereocenters. The molecule has 0 radical (unpaired) electrons. The minimum atomic E-state index is -0.216. The number of aryl methyl sites for hydroxylation is 1. The molecule has 0 fully saturated rings. The first-order valence-corrected chi connectivity index (χ1v) is 6.42. The van der Waals surface area contributed by atoms with E-state index < -0.39 is 0 Å². The second-order valence-corrected chi connectivity index (χ2v) is 4.06. The van der Waals surface area contributed by atoms with Gasteiger partial charge in [-0.25, -0.2) is 4.98 Å².